The van der Waals surface area contributed by atoms with Gasteiger partial charge >= 0.3 is 0 Å². The maximum absolute atomic E-state index is 6.06. The van der Waals surface area contributed by atoms with Crippen LogP contribution in [0.5, 0.6) is 0 Å². The number of ether oxygens (including phenoxy) is 1. The molecule has 5 rings (SSSR count). The first kappa shape index (κ1) is 14.8. The Hall–Kier alpha value is -1.51. The number of rotatable bonds is 1. The number of halogens is 1. The van der Waals surface area contributed by atoms with Crippen LogP contribution in [0.1, 0.15) is 17.5 Å². The van der Waals surface area contributed by atoms with Gasteiger partial charge in [0.05, 0.1) is 19.0 Å². The largest absolute Gasteiger partial charge is 0.357 e. The highest BCUT2D eigenvalue weighted by molar-refractivity contribution is 9.07. The van der Waals surface area contributed by atoms with Gasteiger partial charge in [-0.25, -0.2) is 5.43 Å². The second-order valence-corrected chi connectivity index (χ2v) is 7.23. The summed E-state index contributed by atoms with van der Waals surface area (Å²) < 4.78 is 8.02. The molecule has 3 aliphatic heterocycles. The van der Waals surface area contributed by atoms with E-state index in [9.17, 15) is 0 Å². The Labute approximate surface area is 149 Å². The predicted octanol–water partition coefficient (Wildman–Crippen LogP) is 2.17. The van der Waals surface area contributed by atoms with Crippen LogP contribution in [-0.2, 0) is 10.4 Å². The topological polar surface area (TPSA) is 43.9 Å². The second-order valence-electron chi connectivity index (χ2n) is 6.37. The van der Waals surface area contributed by atoms with E-state index >= 15 is 0 Å². The number of hydrazine groups is 1. The molecule has 2 saturated heterocycles. The lowest BCUT2D eigenvalue weighted by Crippen LogP contribution is -2.56. The molecule has 0 aliphatic carbocycles. The summed E-state index contributed by atoms with van der Waals surface area (Å²) in [7, 11) is 0. The van der Waals surface area contributed by atoms with Crippen LogP contribution in [0.4, 0.5) is 5.69 Å². The molecule has 1 N–H and O–H groups in total. The van der Waals surface area contributed by atoms with E-state index in [1.54, 1.807) is 0 Å². The second kappa shape index (κ2) is 5.50. The molecule has 2 fully saturated rings. The molecule has 1 aromatic carbocycles. The van der Waals surface area contributed by atoms with Crippen LogP contribution in [0.15, 0.2) is 48.7 Å². The van der Waals surface area contributed by atoms with E-state index in [2.05, 4.69) is 66.7 Å². The number of hydrogen-bond acceptors (Lipinski definition) is 6. The molecular formula is C17H18BrN5O. The summed E-state index contributed by atoms with van der Waals surface area (Å²) in [5.74, 6) is 0. The summed E-state index contributed by atoms with van der Waals surface area (Å²) in [6.45, 7) is 3.19. The van der Waals surface area contributed by atoms with E-state index in [0.29, 0.717) is 6.67 Å². The van der Waals surface area contributed by atoms with Crippen molar-refractivity contribution in [1.82, 2.24) is 19.3 Å². The molecule has 7 heteroatoms. The lowest BCUT2D eigenvalue weighted by atomic mass is 10.0. The first-order chi connectivity index (χ1) is 11.8. The summed E-state index contributed by atoms with van der Waals surface area (Å²) in [5.41, 5.74) is 6.58. The third-order valence-corrected chi connectivity index (χ3v) is 5.43. The molecule has 124 valence electrons. The highest BCUT2D eigenvalue weighted by Gasteiger charge is 2.52. The molecule has 2 aromatic rings. The van der Waals surface area contributed by atoms with E-state index < -0.39 is 5.66 Å². The third-order valence-electron chi connectivity index (χ3n) is 5.03. The number of hydrogen-bond donors (Lipinski definition) is 1. The average molecular weight is 388 g/mol. The summed E-state index contributed by atoms with van der Waals surface area (Å²) in [5, 5.41) is 0. The number of anilines is 1. The number of nitrogens with one attached hydrogen (secondary N) is 1. The van der Waals surface area contributed by atoms with Crippen molar-refractivity contribution in [3.05, 3.63) is 59.9 Å². The minimum atomic E-state index is -0.427. The van der Waals surface area contributed by atoms with E-state index in [1.165, 1.54) is 11.3 Å². The van der Waals surface area contributed by atoms with Crippen molar-refractivity contribution < 1.29 is 4.74 Å². The lowest BCUT2D eigenvalue weighted by molar-refractivity contribution is 0.0224. The van der Waals surface area contributed by atoms with Gasteiger partial charge in [-0.3, -0.25) is 9.88 Å². The third kappa shape index (κ3) is 2.06. The Morgan fingerprint density at radius 2 is 2.08 bits per heavy atom. The summed E-state index contributed by atoms with van der Waals surface area (Å²) >= 11 is 3.61. The SMILES string of the molecule is BrN1CN2c3ccccc3C3OCCN3CC2(c2ccccn2)N1. The van der Waals surface area contributed by atoms with Crippen LogP contribution in [0.25, 0.3) is 0 Å². The van der Waals surface area contributed by atoms with Crippen LogP contribution < -0.4 is 10.3 Å². The summed E-state index contributed by atoms with van der Waals surface area (Å²) in [6, 6.07) is 14.6. The van der Waals surface area contributed by atoms with Gasteiger partial charge in [0.25, 0.3) is 0 Å². The fraction of sp³-hybridized carbons (Fsp3) is 0.353. The van der Waals surface area contributed by atoms with Gasteiger partial charge in [-0.2, -0.15) is 4.03 Å². The molecule has 0 amide bonds. The molecule has 2 unspecified atom stereocenters. The molecule has 6 nitrogen and oxygen atoms in total. The van der Waals surface area contributed by atoms with Gasteiger partial charge in [-0.1, -0.05) is 24.3 Å². The van der Waals surface area contributed by atoms with Crippen molar-refractivity contribution in [3.63, 3.8) is 0 Å². The Morgan fingerprint density at radius 3 is 2.96 bits per heavy atom. The van der Waals surface area contributed by atoms with Gasteiger partial charge in [0.15, 0.2) is 5.66 Å². The zero-order valence-corrected chi connectivity index (χ0v) is 14.7. The van der Waals surface area contributed by atoms with Crippen molar-refractivity contribution in [2.45, 2.75) is 11.9 Å². The molecule has 0 radical (unpaired) electrons. The number of para-hydroxylation sites is 1. The molecular weight excluding hydrogens is 370 g/mol. The van der Waals surface area contributed by atoms with Gasteiger partial charge in [0.2, 0.25) is 0 Å². The van der Waals surface area contributed by atoms with Crippen molar-refractivity contribution in [1.29, 1.82) is 0 Å². The quantitative estimate of drug-likeness (QED) is 0.756. The van der Waals surface area contributed by atoms with Gasteiger partial charge in [0.1, 0.15) is 6.23 Å². The van der Waals surface area contributed by atoms with Crippen LogP contribution in [0, 0.1) is 0 Å². The normalized spacial score (nSPS) is 29.9. The van der Waals surface area contributed by atoms with Gasteiger partial charge < -0.3 is 9.64 Å². The molecule has 24 heavy (non-hydrogen) atoms. The first-order valence-corrected chi connectivity index (χ1v) is 8.84. The zero-order chi connectivity index (χ0) is 16.1. The average Bonchev–Trinajstić information content (AvgIpc) is 3.18. The van der Waals surface area contributed by atoms with Crippen molar-refractivity contribution in [2.75, 3.05) is 31.3 Å². The minimum Gasteiger partial charge on any atom is -0.357 e. The van der Waals surface area contributed by atoms with Crippen LogP contribution in [0.2, 0.25) is 0 Å². The molecule has 3 aliphatic rings. The van der Waals surface area contributed by atoms with Gasteiger partial charge in [-0.05, 0) is 18.2 Å². The number of nitrogens with zero attached hydrogens (tertiary/aromatic N) is 4. The first-order valence-electron chi connectivity index (χ1n) is 8.13. The number of benzene rings is 1. The van der Waals surface area contributed by atoms with Gasteiger partial charge in [-0.15, -0.1) is 0 Å². The highest BCUT2D eigenvalue weighted by Crippen LogP contribution is 2.45. The van der Waals surface area contributed by atoms with Gasteiger partial charge in [0, 0.05) is 46.7 Å². The van der Waals surface area contributed by atoms with Crippen molar-refractivity contribution >= 4 is 21.8 Å². The number of fused-ring (bicyclic) bond motifs is 5. The molecule has 4 heterocycles. The minimum absolute atomic E-state index is 0.0120. The smallest absolute Gasteiger partial charge is 0.162 e. The molecule has 0 bridgehead atoms. The Kier molecular flexibility index (Phi) is 3.39. The van der Waals surface area contributed by atoms with E-state index in [4.69, 9.17) is 4.74 Å². The highest BCUT2D eigenvalue weighted by atomic mass is 79.9. The Balaban J connectivity index is 1.74. The monoisotopic (exact) mass is 387 g/mol. The maximum atomic E-state index is 6.06. The molecule has 1 aromatic heterocycles. The van der Waals surface area contributed by atoms with E-state index in [1.807, 2.05) is 22.4 Å². The fourth-order valence-corrected chi connectivity index (χ4v) is 4.53. The Bertz CT molecular complexity index is 760. The van der Waals surface area contributed by atoms with E-state index in [0.717, 1.165) is 25.4 Å². The fourth-order valence-electron chi connectivity index (χ4n) is 4.02. The molecule has 0 spiro atoms. The van der Waals surface area contributed by atoms with E-state index in [-0.39, 0.29) is 6.23 Å². The zero-order valence-electron chi connectivity index (χ0n) is 13.1. The predicted molar refractivity (Wildman–Crippen MR) is 93.9 cm³/mol. The lowest BCUT2D eigenvalue weighted by Gasteiger charge is -2.38. The number of pyridine rings is 1. The molecule has 0 saturated carbocycles. The van der Waals surface area contributed by atoms with Crippen LogP contribution >= 0.6 is 16.1 Å². The maximum Gasteiger partial charge on any atom is 0.162 e. The van der Waals surface area contributed by atoms with Crippen molar-refractivity contribution in [2.24, 2.45) is 0 Å². The standard InChI is InChI=1S/C17H18BrN5O/c18-23-12-22-14-6-2-1-5-13(14)16-21(9-10-24-16)11-17(22,20-23)15-7-3-4-8-19-15/h1-8,16,20H,9-12H2. The van der Waals surface area contributed by atoms with Crippen LogP contribution in [-0.4, -0.2) is 40.3 Å². The van der Waals surface area contributed by atoms with Crippen LogP contribution in [0.3, 0.4) is 0 Å². The molecule has 2 atom stereocenters. The van der Waals surface area contributed by atoms with Crippen molar-refractivity contribution in [3.8, 4) is 0 Å². The summed E-state index contributed by atoms with van der Waals surface area (Å²) in [4.78, 5) is 9.45. The number of aromatic nitrogens is 1. The summed E-state index contributed by atoms with van der Waals surface area (Å²) in [6.07, 6.45) is 1.87. The Morgan fingerprint density at radius 1 is 1.21 bits per heavy atom.